The standard InChI is InChI=1S/C19H27N3O3/c1-13-8-14(2)10-16(9-13)22-12-17(25-19(22)24)11-20-18(23)21-15-6-4-3-5-7-15/h8-10,15,17H,3-7,11-12H2,1-2H3,(H2,20,21,23). The van der Waals surface area contributed by atoms with Crippen LogP contribution in [0.2, 0.25) is 0 Å². The maximum atomic E-state index is 12.1. The van der Waals surface area contributed by atoms with Crippen molar-refractivity contribution in [3.8, 4) is 0 Å². The van der Waals surface area contributed by atoms with Crippen LogP contribution in [-0.4, -0.2) is 37.4 Å². The van der Waals surface area contributed by atoms with Crippen LogP contribution in [0, 0.1) is 13.8 Å². The van der Waals surface area contributed by atoms with Gasteiger partial charge in [0.1, 0.15) is 6.10 Å². The van der Waals surface area contributed by atoms with Crippen molar-refractivity contribution in [3.63, 3.8) is 0 Å². The van der Waals surface area contributed by atoms with Gasteiger partial charge in [0, 0.05) is 11.7 Å². The molecule has 2 aliphatic rings. The highest BCUT2D eigenvalue weighted by Crippen LogP contribution is 2.24. The maximum absolute atomic E-state index is 12.1. The molecule has 1 aliphatic heterocycles. The van der Waals surface area contributed by atoms with Crippen molar-refractivity contribution in [3.05, 3.63) is 29.3 Å². The van der Waals surface area contributed by atoms with Gasteiger partial charge >= 0.3 is 12.1 Å². The van der Waals surface area contributed by atoms with Crippen LogP contribution >= 0.6 is 0 Å². The number of ether oxygens (including phenoxy) is 1. The molecule has 1 saturated carbocycles. The highest BCUT2D eigenvalue weighted by atomic mass is 16.6. The first-order valence-electron chi connectivity index (χ1n) is 9.12. The smallest absolute Gasteiger partial charge is 0.414 e. The number of urea groups is 1. The molecule has 2 fully saturated rings. The Kier molecular flexibility index (Phi) is 5.46. The Hall–Kier alpha value is -2.24. The summed E-state index contributed by atoms with van der Waals surface area (Å²) < 4.78 is 5.39. The van der Waals surface area contributed by atoms with Crippen molar-refractivity contribution in [1.82, 2.24) is 10.6 Å². The van der Waals surface area contributed by atoms with E-state index in [1.54, 1.807) is 4.90 Å². The molecule has 2 N–H and O–H groups in total. The van der Waals surface area contributed by atoms with Gasteiger partial charge in [0.25, 0.3) is 0 Å². The van der Waals surface area contributed by atoms with Gasteiger partial charge in [-0.15, -0.1) is 0 Å². The summed E-state index contributed by atoms with van der Waals surface area (Å²) in [4.78, 5) is 25.8. The molecule has 136 valence electrons. The van der Waals surface area contributed by atoms with E-state index in [2.05, 4.69) is 16.7 Å². The van der Waals surface area contributed by atoms with Crippen molar-refractivity contribution in [1.29, 1.82) is 0 Å². The number of carbonyl (C=O) groups is 2. The Labute approximate surface area is 148 Å². The normalized spacial score (nSPS) is 21.1. The first-order valence-corrected chi connectivity index (χ1v) is 9.12. The number of nitrogens with zero attached hydrogens (tertiary/aromatic N) is 1. The monoisotopic (exact) mass is 345 g/mol. The van der Waals surface area contributed by atoms with Gasteiger partial charge in [-0.25, -0.2) is 9.59 Å². The predicted octanol–water partition coefficient (Wildman–Crippen LogP) is 3.26. The number of carbonyl (C=O) groups excluding carboxylic acids is 2. The third-order valence-corrected chi connectivity index (χ3v) is 4.82. The summed E-state index contributed by atoms with van der Waals surface area (Å²) in [7, 11) is 0. The molecule has 1 aromatic carbocycles. The SMILES string of the molecule is Cc1cc(C)cc(N2CC(CNC(=O)NC3CCCCC3)OC2=O)c1. The van der Waals surface area contributed by atoms with Crippen molar-refractivity contribution in [2.75, 3.05) is 18.0 Å². The van der Waals surface area contributed by atoms with Gasteiger partial charge < -0.3 is 15.4 Å². The van der Waals surface area contributed by atoms with Gasteiger partial charge in [-0.05, 0) is 49.9 Å². The number of aryl methyl sites for hydroxylation is 2. The maximum Gasteiger partial charge on any atom is 0.414 e. The Balaban J connectivity index is 1.49. The van der Waals surface area contributed by atoms with Crippen LogP contribution in [0.1, 0.15) is 43.2 Å². The lowest BCUT2D eigenvalue weighted by molar-refractivity contribution is 0.140. The van der Waals surface area contributed by atoms with Crippen LogP contribution in [0.4, 0.5) is 15.3 Å². The van der Waals surface area contributed by atoms with E-state index in [4.69, 9.17) is 4.74 Å². The van der Waals surface area contributed by atoms with E-state index in [0.717, 1.165) is 29.7 Å². The zero-order chi connectivity index (χ0) is 17.8. The lowest BCUT2D eigenvalue weighted by atomic mass is 9.96. The molecule has 6 heteroatoms. The molecule has 0 radical (unpaired) electrons. The minimum Gasteiger partial charge on any atom is -0.442 e. The second-order valence-electron chi connectivity index (χ2n) is 7.15. The highest BCUT2D eigenvalue weighted by molar-refractivity contribution is 5.90. The fourth-order valence-corrected chi connectivity index (χ4v) is 3.64. The number of benzene rings is 1. The molecule has 3 rings (SSSR count). The highest BCUT2D eigenvalue weighted by Gasteiger charge is 2.32. The van der Waals surface area contributed by atoms with Crippen LogP contribution < -0.4 is 15.5 Å². The number of rotatable bonds is 4. The van der Waals surface area contributed by atoms with Crippen LogP contribution in [0.15, 0.2) is 18.2 Å². The number of hydrogen-bond acceptors (Lipinski definition) is 3. The summed E-state index contributed by atoms with van der Waals surface area (Å²) in [5.41, 5.74) is 3.06. The second-order valence-corrected chi connectivity index (χ2v) is 7.15. The molecule has 25 heavy (non-hydrogen) atoms. The number of amides is 3. The number of hydrogen-bond donors (Lipinski definition) is 2. The summed E-state index contributed by atoms with van der Waals surface area (Å²) in [6, 6.07) is 6.11. The van der Waals surface area contributed by atoms with Crippen LogP contribution in [0.25, 0.3) is 0 Å². The minimum absolute atomic E-state index is 0.173. The predicted molar refractivity (Wildman–Crippen MR) is 96.9 cm³/mol. The first-order chi connectivity index (χ1) is 12.0. The van der Waals surface area contributed by atoms with E-state index in [1.807, 2.05) is 26.0 Å². The molecule has 0 aromatic heterocycles. The molecule has 6 nitrogen and oxygen atoms in total. The van der Waals surface area contributed by atoms with E-state index < -0.39 is 0 Å². The summed E-state index contributed by atoms with van der Waals surface area (Å²) in [6.45, 7) is 4.79. The van der Waals surface area contributed by atoms with E-state index in [0.29, 0.717) is 13.1 Å². The topological polar surface area (TPSA) is 70.7 Å². The van der Waals surface area contributed by atoms with Gasteiger partial charge in [-0.2, -0.15) is 0 Å². The number of nitrogens with one attached hydrogen (secondary N) is 2. The molecule has 1 unspecified atom stereocenters. The van der Waals surface area contributed by atoms with Gasteiger partial charge in [0.2, 0.25) is 0 Å². The molecule has 1 aromatic rings. The largest absolute Gasteiger partial charge is 0.442 e. The van der Waals surface area contributed by atoms with Gasteiger partial charge in [0.05, 0.1) is 13.1 Å². The molecule has 1 aliphatic carbocycles. The number of cyclic esters (lactones) is 1. The van der Waals surface area contributed by atoms with Gasteiger partial charge in [-0.3, -0.25) is 4.90 Å². The minimum atomic E-state index is -0.357. The Morgan fingerprint density at radius 1 is 1.16 bits per heavy atom. The van der Waals surface area contributed by atoms with E-state index in [1.165, 1.54) is 19.3 Å². The van der Waals surface area contributed by atoms with Crippen molar-refractivity contribution in [2.45, 2.75) is 58.1 Å². The van der Waals surface area contributed by atoms with Gasteiger partial charge in [-0.1, -0.05) is 25.3 Å². The summed E-state index contributed by atoms with van der Waals surface area (Å²) in [5.74, 6) is 0. The molecule has 1 atom stereocenters. The van der Waals surface area contributed by atoms with Gasteiger partial charge in [0.15, 0.2) is 0 Å². The molecular formula is C19H27N3O3. The molecule has 1 saturated heterocycles. The lowest BCUT2D eigenvalue weighted by Crippen LogP contribution is -2.45. The molecule has 0 spiro atoms. The first kappa shape index (κ1) is 17.6. The zero-order valence-corrected chi connectivity index (χ0v) is 15.0. The zero-order valence-electron chi connectivity index (χ0n) is 15.0. The van der Waals surface area contributed by atoms with Crippen LogP contribution in [-0.2, 0) is 4.74 Å². The van der Waals surface area contributed by atoms with Crippen LogP contribution in [0.5, 0.6) is 0 Å². The van der Waals surface area contributed by atoms with Crippen molar-refractivity contribution >= 4 is 17.8 Å². The summed E-state index contributed by atoms with van der Waals surface area (Å²) >= 11 is 0. The molecule has 1 heterocycles. The summed E-state index contributed by atoms with van der Waals surface area (Å²) in [6.07, 6.45) is 5.02. The molecule has 3 amide bonds. The van der Waals surface area contributed by atoms with E-state index in [9.17, 15) is 9.59 Å². The third kappa shape index (κ3) is 4.65. The summed E-state index contributed by atoms with van der Waals surface area (Å²) in [5, 5.41) is 5.84. The fraction of sp³-hybridized carbons (Fsp3) is 0.579. The number of anilines is 1. The fourth-order valence-electron chi connectivity index (χ4n) is 3.64. The van der Waals surface area contributed by atoms with E-state index >= 15 is 0 Å². The molecule has 0 bridgehead atoms. The Morgan fingerprint density at radius 3 is 2.52 bits per heavy atom. The average molecular weight is 345 g/mol. The second kappa shape index (κ2) is 7.76. The molecular weight excluding hydrogens is 318 g/mol. The van der Waals surface area contributed by atoms with Crippen molar-refractivity contribution < 1.29 is 14.3 Å². The quantitative estimate of drug-likeness (QED) is 0.880. The Morgan fingerprint density at radius 2 is 1.84 bits per heavy atom. The Bertz CT molecular complexity index is 621. The third-order valence-electron chi connectivity index (χ3n) is 4.82. The van der Waals surface area contributed by atoms with Crippen LogP contribution in [0.3, 0.4) is 0 Å². The average Bonchev–Trinajstić information content (AvgIpc) is 2.94. The lowest BCUT2D eigenvalue weighted by Gasteiger charge is -2.23. The van der Waals surface area contributed by atoms with Crippen molar-refractivity contribution in [2.24, 2.45) is 0 Å². The van der Waals surface area contributed by atoms with E-state index in [-0.39, 0.29) is 24.3 Å².